The molecule has 1 aromatic heterocycles. The second-order valence-electron chi connectivity index (χ2n) is 9.11. The van der Waals surface area contributed by atoms with Gasteiger partial charge in [-0.2, -0.15) is 5.10 Å². The van der Waals surface area contributed by atoms with Crippen molar-refractivity contribution in [1.29, 1.82) is 0 Å². The highest BCUT2D eigenvalue weighted by Gasteiger charge is 2.20. The number of aromatic amines is 1. The topological polar surface area (TPSA) is 62.9 Å². The van der Waals surface area contributed by atoms with Crippen LogP contribution in [0.1, 0.15) is 69.6 Å². The maximum absolute atomic E-state index is 6.18. The Kier molecular flexibility index (Phi) is 7.53. The van der Waals surface area contributed by atoms with Crippen LogP contribution in [0.3, 0.4) is 0 Å². The minimum Gasteiger partial charge on any atom is -0.399 e. The SMILES string of the molecule is CCCc1cc(-n2c(-c3ccc(N)c(CC)c3)n[nH]c2=S)c(CCC)cc1N1CCCCC1. The third-order valence-electron chi connectivity index (χ3n) is 6.71. The highest BCUT2D eigenvalue weighted by Crippen LogP contribution is 2.34. The maximum atomic E-state index is 6.18. The van der Waals surface area contributed by atoms with Crippen LogP contribution in [0.2, 0.25) is 0 Å². The summed E-state index contributed by atoms with van der Waals surface area (Å²) < 4.78 is 2.76. The van der Waals surface area contributed by atoms with Gasteiger partial charge in [-0.05, 0) is 97.8 Å². The van der Waals surface area contributed by atoms with Crippen LogP contribution >= 0.6 is 12.2 Å². The molecule has 0 saturated carbocycles. The van der Waals surface area contributed by atoms with Crippen LogP contribution in [-0.2, 0) is 19.3 Å². The summed E-state index contributed by atoms with van der Waals surface area (Å²) in [4.78, 5) is 2.60. The van der Waals surface area contributed by atoms with Crippen molar-refractivity contribution in [2.75, 3.05) is 23.7 Å². The van der Waals surface area contributed by atoms with Gasteiger partial charge in [-0.15, -0.1) is 0 Å². The average Bonchev–Trinajstić information content (AvgIpc) is 3.22. The molecule has 0 aliphatic carbocycles. The van der Waals surface area contributed by atoms with E-state index in [1.165, 1.54) is 36.1 Å². The number of hydrogen-bond acceptors (Lipinski definition) is 4. The van der Waals surface area contributed by atoms with E-state index in [0.717, 1.165) is 73.5 Å². The molecule has 5 nitrogen and oxygen atoms in total. The smallest absolute Gasteiger partial charge is 0.200 e. The molecule has 3 aromatic rings. The van der Waals surface area contributed by atoms with Crippen molar-refractivity contribution in [3.05, 3.63) is 51.8 Å². The van der Waals surface area contributed by atoms with Crippen LogP contribution in [0.25, 0.3) is 17.1 Å². The predicted molar refractivity (Wildman–Crippen MR) is 142 cm³/mol. The fourth-order valence-corrected chi connectivity index (χ4v) is 5.24. The number of rotatable bonds is 8. The number of H-pyrrole nitrogens is 1. The van der Waals surface area contributed by atoms with Gasteiger partial charge in [0.05, 0.1) is 5.69 Å². The largest absolute Gasteiger partial charge is 0.399 e. The number of nitrogens with zero attached hydrogens (tertiary/aromatic N) is 3. The van der Waals surface area contributed by atoms with E-state index in [9.17, 15) is 0 Å². The quantitative estimate of drug-likeness (QED) is 0.290. The lowest BCUT2D eigenvalue weighted by atomic mass is 9.97. The molecule has 176 valence electrons. The number of nitrogens with one attached hydrogen (secondary N) is 1. The molecule has 2 heterocycles. The van der Waals surface area contributed by atoms with Crippen molar-refractivity contribution >= 4 is 23.6 Å². The van der Waals surface area contributed by atoms with Crippen LogP contribution < -0.4 is 10.6 Å². The van der Waals surface area contributed by atoms with E-state index in [2.05, 4.69) is 58.6 Å². The van der Waals surface area contributed by atoms with Crippen LogP contribution in [0, 0.1) is 4.77 Å². The van der Waals surface area contributed by atoms with Gasteiger partial charge in [0.1, 0.15) is 0 Å². The summed E-state index contributed by atoms with van der Waals surface area (Å²) in [5.74, 6) is 0.847. The van der Waals surface area contributed by atoms with Crippen molar-refractivity contribution < 1.29 is 0 Å². The van der Waals surface area contributed by atoms with Crippen LogP contribution in [0.15, 0.2) is 30.3 Å². The van der Waals surface area contributed by atoms with Gasteiger partial charge in [0.2, 0.25) is 0 Å². The molecule has 0 spiro atoms. The summed E-state index contributed by atoms with van der Waals surface area (Å²) in [6, 6.07) is 11.0. The number of hydrogen-bond donors (Lipinski definition) is 2. The number of aromatic nitrogens is 3. The molecule has 0 atom stereocenters. The summed E-state index contributed by atoms with van der Waals surface area (Å²) in [7, 11) is 0. The first-order valence-corrected chi connectivity index (χ1v) is 12.9. The van der Waals surface area contributed by atoms with Gasteiger partial charge in [-0.3, -0.25) is 9.67 Å². The summed E-state index contributed by atoms with van der Waals surface area (Å²) in [6.07, 6.45) is 9.07. The van der Waals surface area contributed by atoms with Crippen molar-refractivity contribution in [3.8, 4) is 17.1 Å². The van der Waals surface area contributed by atoms with Gasteiger partial charge in [0.25, 0.3) is 0 Å². The Hall–Kier alpha value is -2.60. The van der Waals surface area contributed by atoms with E-state index in [1.807, 2.05) is 12.1 Å². The highest BCUT2D eigenvalue weighted by atomic mass is 32.1. The van der Waals surface area contributed by atoms with Crippen LogP contribution in [0.5, 0.6) is 0 Å². The minimum absolute atomic E-state index is 0.630. The molecule has 0 radical (unpaired) electrons. The number of benzene rings is 2. The highest BCUT2D eigenvalue weighted by molar-refractivity contribution is 7.71. The molecule has 6 heteroatoms. The third-order valence-corrected chi connectivity index (χ3v) is 6.98. The standard InChI is InChI=1S/C27H37N5S/c1-4-10-20-18-25(21(11-5-2)17-24(20)31-14-8-7-9-15-31)32-26(29-30-27(32)33)22-12-13-23(28)19(6-3)16-22/h12-13,16-18H,4-11,14-15,28H2,1-3H3,(H,30,33). The zero-order valence-corrected chi connectivity index (χ0v) is 21.1. The number of anilines is 2. The van der Waals surface area contributed by atoms with Crippen LogP contribution in [-0.4, -0.2) is 27.9 Å². The van der Waals surface area contributed by atoms with E-state index in [-0.39, 0.29) is 0 Å². The molecule has 33 heavy (non-hydrogen) atoms. The maximum Gasteiger partial charge on any atom is 0.200 e. The molecule has 0 amide bonds. The van der Waals surface area contributed by atoms with Crippen molar-refractivity contribution in [2.24, 2.45) is 0 Å². The van der Waals surface area contributed by atoms with Gasteiger partial charge in [-0.25, -0.2) is 0 Å². The Balaban J connectivity index is 1.89. The molecule has 0 bridgehead atoms. The van der Waals surface area contributed by atoms with Crippen molar-refractivity contribution in [1.82, 2.24) is 14.8 Å². The van der Waals surface area contributed by atoms with E-state index in [0.29, 0.717) is 4.77 Å². The summed E-state index contributed by atoms with van der Waals surface area (Å²) in [5, 5.41) is 7.71. The molecular weight excluding hydrogens is 426 g/mol. The summed E-state index contributed by atoms with van der Waals surface area (Å²) >= 11 is 5.76. The fourth-order valence-electron chi connectivity index (χ4n) is 5.00. The number of nitrogens with two attached hydrogens (primary N) is 1. The molecule has 1 fully saturated rings. The second-order valence-corrected chi connectivity index (χ2v) is 9.50. The molecule has 1 aliphatic rings. The van der Waals surface area contributed by atoms with Crippen molar-refractivity contribution in [2.45, 2.75) is 72.1 Å². The van der Waals surface area contributed by atoms with Gasteiger partial charge in [0, 0.05) is 30.0 Å². The first-order chi connectivity index (χ1) is 16.1. The zero-order chi connectivity index (χ0) is 23.4. The average molecular weight is 464 g/mol. The second kappa shape index (κ2) is 10.6. The minimum atomic E-state index is 0.630. The molecule has 1 saturated heterocycles. The molecule has 2 aromatic carbocycles. The van der Waals surface area contributed by atoms with E-state index in [4.69, 9.17) is 18.0 Å². The van der Waals surface area contributed by atoms with E-state index >= 15 is 0 Å². The lowest BCUT2D eigenvalue weighted by Crippen LogP contribution is -2.30. The Bertz CT molecular complexity index is 1150. The Morgan fingerprint density at radius 2 is 1.58 bits per heavy atom. The molecule has 4 rings (SSSR count). The van der Waals surface area contributed by atoms with Gasteiger partial charge in [-0.1, -0.05) is 33.6 Å². The molecular formula is C27H37N5S. The first kappa shape index (κ1) is 23.6. The van der Waals surface area contributed by atoms with Gasteiger partial charge < -0.3 is 10.6 Å². The lowest BCUT2D eigenvalue weighted by molar-refractivity contribution is 0.576. The van der Waals surface area contributed by atoms with Gasteiger partial charge in [0.15, 0.2) is 10.6 Å². The molecule has 0 unspecified atom stereocenters. The number of aryl methyl sites for hydroxylation is 3. The summed E-state index contributed by atoms with van der Waals surface area (Å²) in [5.41, 5.74) is 14.5. The fraction of sp³-hybridized carbons (Fsp3) is 0.481. The third kappa shape index (κ3) is 4.86. The predicted octanol–water partition coefficient (Wildman–Crippen LogP) is 6.64. The number of piperidine rings is 1. The monoisotopic (exact) mass is 463 g/mol. The number of nitrogen functional groups attached to an aromatic ring is 1. The normalized spacial score (nSPS) is 14.1. The first-order valence-electron chi connectivity index (χ1n) is 12.5. The van der Waals surface area contributed by atoms with Gasteiger partial charge >= 0.3 is 0 Å². The van der Waals surface area contributed by atoms with E-state index < -0.39 is 0 Å². The lowest BCUT2D eigenvalue weighted by Gasteiger charge is -2.32. The van der Waals surface area contributed by atoms with E-state index in [1.54, 1.807) is 0 Å². The summed E-state index contributed by atoms with van der Waals surface area (Å²) in [6.45, 7) is 8.94. The van der Waals surface area contributed by atoms with Crippen molar-refractivity contribution in [3.63, 3.8) is 0 Å². The Morgan fingerprint density at radius 3 is 2.24 bits per heavy atom. The Labute approximate surface area is 203 Å². The Morgan fingerprint density at radius 1 is 0.909 bits per heavy atom. The molecule has 3 N–H and O–H groups in total. The van der Waals surface area contributed by atoms with Crippen LogP contribution in [0.4, 0.5) is 11.4 Å². The zero-order valence-electron chi connectivity index (χ0n) is 20.3. The molecule has 1 aliphatic heterocycles.